The van der Waals surface area contributed by atoms with Crippen LogP contribution in [0.1, 0.15) is 17.5 Å². The molecule has 0 unspecified atom stereocenters. The quantitative estimate of drug-likeness (QED) is 0.152. The summed E-state index contributed by atoms with van der Waals surface area (Å²) in [5.74, 6) is 0.0699. The summed E-state index contributed by atoms with van der Waals surface area (Å²) in [7, 11) is 0. The number of aliphatic hydroxyl groups excluding tert-OH is 1. The van der Waals surface area contributed by atoms with Crippen molar-refractivity contribution in [2.24, 2.45) is 0 Å². The summed E-state index contributed by atoms with van der Waals surface area (Å²) in [4.78, 5) is 28.7. The number of hydrogen-bond acceptors (Lipinski definition) is 7. The first kappa shape index (κ1) is 27.9. The van der Waals surface area contributed by atoms with E-state index < -0.39 is 0 Å². The number of thiazole rings is 1. The first-order valence-corrected chi connectivity index (χ1v) is 13.1. The van der Waals surface area contributed by atoms with Crippen molar-refractivity contribution in [1.29, 1.82) is 0 Å². The van der Waals surface area contributed by atoms with E-state index in [-0.39, 0.29) is 23.1 Å². The fourth-order valence-corrected chi connectivity index (χ4v) is 4.83. The van der Waals surface area contributed by atoms with Gasteiger partial charge in [0.2, 0.25) is 5.91 Å². The third-order valence-electron chi connectivity index (χ3n) is 5.78. The maximum absolute atomic E-state index is 12.8. The maximum Gasteiger partial charge on any atom is 0.305 e. The van der Waals surface area contributed by atoms with E-state index in [1.165, 1.54) is 5.56 Å². The van der Waals surface area contributed by atoms with Crippen molar-refractivity contribution >= 4 is 39.1 Å². The topological polar surface area (TPSA) is 118 Å². The van der Waals surface area contributed by atoms with Crippen molar-refractivity contribution < 1.29 is 15.0 Å². The highest BCUT2D eigenvalue weighted by molar-refractivity contribution is 7.16. The van der Waals surface area contributed by atoms with Crippen molar-refractivity contribution in [3.8, 4) is 5.75 Å². The monoisotopic (exact) mass is 532 g/mol. The zero-order chi connectivity index (χ0) is 25.9. The van der Waals surface area contributed by atoms with Crippen LogP contribution >= 0.6 is 22.9 Å². The number of hydrogen-bond donors (Lipinski definition) is 5. The number of carbonyl (C=O) groups is 1. The molecule has 0 saturated heterocycles. The van der Waals surface area contributed by atoms with E-state index in [0.717, 1.165) is 34.6 Å². The van der Waals surface area contributed by atoms with E-state index in [2.05, 4.69) is 22.2 Å². The van der Waals surface area contributed by atoms with Gasteiger partial charge in [-0.05, 0) is 60.8 Å². The molecular weight excluding hydrogens is 500 g/mol. The Morgan fingerprint density at radius 1 is 1.06 bits per heavy atom. The van der Waals surface area contributed by atoms with Crippen LogP contribution in [0.25, 0.3) is 10.2 Å². The van der Waals surface area contributed by atoms with Gasteiger partial charge in [0, 0.05) is 37.6 Å². The second-order valence-electron chi connectivity index (χ2n) is 8.56. The van der Waals surface area contributed by atoms with Crippen LogP contribution < -0.4 is 15.5 Å². The van der Waals surface area contributed by atoms with Gasteiger partial charge >= 0.3 is 4.87 Å². The summed E-state index contributed by atoms with van der Waals surface area (Å²) < 4.78 is 0.765. The molecule has 0 radical (unpaired) electrons. The highest BCUT2D eigenvalue weighted by atomic mass is 35.5. The number of aromatic amines is 1. The predicted molar refractivity (Wildman–Crippen MR) is 146 cm³/mol. The van der Waals surface area contributed by atoms with Gasteiger partial charge in [0.15, 0.2) is 0 Å². The van der Waals surface area contributed by atoms with Gasteiger partial charge in [-0.3, -0.25) is 9.59 Å². The SMILES string of the molecule is C=C(CO)CN(CCNCCc1ccc(O)c2[nH]c(=O)sc12)C(=O)CCNCCc1ccc(Cl)cc1. The third kappa shape index (κ3) is 8.46. The molecule has 0 aliphatic heterocycles. The smallest absolute Gasteiger partial charge is 0.305 e. The number of aromatic nitrogens is 1. The molecule has 0 aliphatic rings. The van der Waals surface area contributed by atoms with Crippen LogP contribution in [0.5, 0.6) is 5.75 Å². The molecule has 3 rings (SSSR count). The minimum Gasteiger partial charge on any atom is -0.506 e. The van der Waals surface area contributed by atoms with E-state index in [0.29, 0.717) is 61.7 Å². The fourth-order valence-electron chi connectivity index (χ4n) is 3.81. The molecule has 1 heterocycles. The number of aliphatic hydroxyl groups is 1. The fraction of sp³-hybridized carbons (Fsp3) is 0.385. The Labute approximate surface area is 219 Å². The Morgan fingerprint density at radius 3 is 2.53 bits per heavy atom. The molecule has 10 heteroatoms. The van der Waals surface area contributed by atoms with Gasteiger partial charge in [-0.25, -0.2) is 0 Å². The molecule has 194 valence electrons. The van der Waals surface area contributed by atoms with E-state index in [1.807, 2.05) is 30.3 Å². The van der Waals surface area contributed by atoms with Gasteiger partial charge in [-0.1, -0.05) is 47.7 Å². The number of halogens is 1. The molecule has 1 amide bonds. The van der Waals surface area contributed by atoms with Crippen LogP contribution in [-0.4, -0.2) is 71.9 Å². The number of fused-ring (bicyclic) bond motifs is 1. The average molecular weight is 533 g/mol. The molecule has 3 aromatic rings. The summed E-state index contributed by atoms with van der Waals surface area (Å²) >= 11 is 7.00. The van der Waals surface area contributed by atoms with E-state index in [1.54, 1.807) is 11.0 Å². The molecule has 36 heavy (non-hydrogen) atoms. The van der Waals surface area contributed by atoms with Crippen molar-refractivity contribution in [2.75, 3.05) is 45.9 Å². The number of phenolic OH excluding ortho intramolecular Hbond substituents is 1. The zero-order valence-electron chi connectivity index (χ0n) is 20.2. The Kier molecular flexibility index (Phi) is 11.0. The molecule has 5 N–H and O–H groups in total. The van der Waals surface area contributed by atoms with Gasteiger partial charge in [0.1, 0.15) is 11.3 Å². The summed E-state index contributed by atoms with van der Waals surface area (Å²) in [6.45, 7) is 7.05. The second-order valence-corrected chi connectivity index (χ2v) is 9.98. The Bertz CT molecular complexity index is 1210. The van der Waals surface area contributed by atoms with E-state index in [4.69, 9.17) is 11.6 Å². The van der Waals surface area contributed by atoms with E-state index >= 15 is 0 Å². The molecule has 1 aromatic heterocycles. The molecule has 0 aliphatic carbocycles. The Hall–Kier alpha value is -2.69. The van der Waals surface area contributed by atoms with Crippen LogP contribution in [-0.2, 0) is 17.6 Å². The lowest BCUT2D eigenvalue weighted by molar-refractivity contribution is -0.130. The van der Waals surface area contributed by atoms with Gasteiger partial charge in [-0.2, -0.15) is 0 Å². The minimum absolute atomic E-state index is 0.00253. The lowest BCUT2D eigenvalue weighted by atomic mass is 10.1. The number of benzene rings is 2. The molecule has 0 bridgehead atoms. The normalized spacial score (nSPS) is 11.2. The third-order valence-corrected chi connectivity index (χ3v) is 6.99. The maximum atomic E-state index is 12.8. The van der Waals surface area contributed by atoms with Gasteiger partial charge < -0.3 is 30.7 Å². The van der Waals surface area contributed by atoms with Crippen molar-refractivity contribution in [3.63, 3.8) is 0 Å². The van der Waals surface area contributed by atoms with Gasteiger partial charge in [-0.15, -0.1) is 0 Å². The van der Waals surface area contributed by atoms with Crippen LogP contribution in [0.2, 0.25) is 5.02 Å². The lowest BCUT2D eigenvalue weighted by Gasteiger charge is -2.24. The lowest BCUT2D eigenvalue weighted by Crippen LogP contribution is -2.40. The first-order valence-electron chi connectivity index (χ1n) is 11.9. The highest BCUT2D eigenvalue weighted by Crippen LogP contribution is 2.27. The molecule has 0 spiro atoms. The number of rotatable bonds is 15. The number of nitrogens with one attached hydrogen (secondary N) is 3. The molecule has 0 saturated carbocycles. The summed E-state index contributed by atoms with van der Waals surface area (Å²) in [5.41, 5.74) is 3.23. The molecule has 0 fully saturated rings. The number of amides is 1. The van der Waals surface area contributed by atoms with Crippen LogP contribution in [0.4, 0.5) is 0 Å². The highest BCUT2D eigenvalue weighted by Gasteiger charge is 2.14. The predicted octanol–water partition coefficient (Wildman–Crippen LogP) is 2.68. The van der Waals surface area contributed by atoms with Gasteiger partial charge in [0.25, 0.3) is 0 Å². The number of phenols is 1. The number of aromatic hydroxyl groups is 1. The van der Waals surface area contributed by atoms with Gasteiger partial charge in [0.05, 0.1) is 11.3 Å². The molecule has 8 nitrogen and oxygen atoms in total. The van der Waals surface area contributed by atoms with Crippen LogP contribution in [0, 0.1) is 0 Å². The van der Waals surface area contributed by atoms with Crippen LogP contribution in [0.3, 0.4) is 0 Å². The number of carbonyl (C=O) groups excluding carboxylic acids is 1. The number of nitrogens with zero attached hydrogens (tertiary/aromatic N) is 1. The summed E-state index contributed by atoms with van der Waals surface area (Å²) in [6.07, 6.45) is 1.89. The average Bonchev–Trinajstić information content (AvgIpc) is 3.27. The zero-order valence-corrected chi connectivity index (χ0v) is 21.8. The van der Waals surface area contributed by atoms with Crippen molar-refractivity contribution in [2.45, 2.75) is 19.3 Å². The summed E-state index contributed by atoms with van der Waals surface area (Å²) in [6, 6.07) is 11.1. The Balaban J connectivity index is 1.40. The molecule has 0 atom stereocenters. The van der Waals surface area contributed by atoms with Crippen LogP contribution in [0.15, 0.2) is 53.3 Å². The molecular formula is C26H33ClN4O4S. The summed E-state index contributed by atoms with van der Waals surface area (Å²) in [5, 5.41) is 26.7. The number of H-pyrrole nitrogens is 1. The largest absolute Gasteiger partial charge is 0.506 e. The molecule has 2 aromatic carbocycles. The second kappa shape index (κ2) is 14.2. The Morgan fingerprint density at radius 2 is 1.78 bits per heavy atom. The van der Waals surface area contributed by atoms with E-state index in [9.17, 15) is 19.8 Å². The standard InChI is InChI=1S/C26H33ClN4O4S/c1-18(17-32)16-31(23(34)10-13-28-11-8-19-2-5-21(27)6-3-19)15-14-29-12-9-20-4-7-22(33)24-25(20)36-26(35)30-24/h2-7,28-29,32-33H,1,8-17H2,(H,30,35). The minimum atomic E-state index is -0.196. The van der Waals surface area contributed by atoms with Crippen molar-refractivity contribution in [3.05, 3.63) is 74.4 Å². The van der Waals surface area contributed by atoms with Crippen molar-refractivity contribution in [1.82, 2.24) is 20.5 Å². The first-order chi connectivity index (χ1) is 17.4.